The summed E-state index contributed by atoms with van der Waals surface area (Å²) in [4.78, 5) is 10.8. The Bertz CT molecular complexity index is 768. The van der Waals surface area contributed by atoms with Crippen molar-refractivity contribution in [1.82, 2.24) is 0 Å². The molecule has 3 aromatic rings. The largest absolute Gasteiger partial charge is 0.312 e. The van der Waals surface area contributed by atoms with Crippen molar-refractivity contribution in [3.63, 3.8) is 0 Å². The van der Waals surface area contributed by atoms with Crippen LogP contribution in [-0.4, -0.2) is 4.92 Å². The number of hydrogen-bond acceptors (Lipinski definition) is 3. The molecular weight excluding hydrogens is 304 g/mol. The van der Waals surface area contributed by atoms with Gasteiger partial charge in [0.05, 0.1) is 17.1 Å². The smallest absolute Gasteiger partial charge is 0.289 e. The van der Waals surface area contributed by atoms with Gasteiger partial charge in [-0.3, -0.25) is 10.1 Å². The molecule has 0 fully saturated rings. The molecule has 0 aliphatic heterocycles. The van der Waals surface area contributed by atoms with Crippen molar-refractivity contribution in [3.8, 4) is 0 Å². The van der Waals surface area contributed by atoms with Crippen molar-refractivity contribution in [2.24, 2.45) is 0 Å². The molecule has 0 N–H and O–H groups in total. The van der Waals surface area contributed by atoms with Crippen LogP contribution >= 0.6 is 0 Å². The minimum Gasteiger partial charge on any atom is -0.312 e. The van der Waals surface area contributed by atoms with E-state index in [0.717, 1.165) is 5.56 Å². The molecule has 120 valence electrons. The Kier molecular flexibility index (Phi) is 4.93. The highest BCUT2D eigenvalue weighted by Gasteiger charge is 2.23. The highest BCUT2D eigenvalue weighted by atomic mass is 16.6. The van der Waals surface area contributed by atoms with Crippen molar-refractivity contribution in [2.45, 2.75) is 12.8 Å². The Morgan fingerprint density at radius 2 is 1.54 bits per heavy atom. The molecule has 0 bridgehead atoms. The monoisotopic (exact) mass is 321 g/mol. The molecule has 0 saturated carbocycles. The molecule has 1 unspecified atom stereocenters. The van der Waals surface area contributed by atoms with Crippen LogP contribution in [0.15, 0.2) is 85.2 Å². The number of nitro groups is 1. The van der Waals surface area contributed by atoms with Crippen LogP contribution in [0.2, 0.25) is 0 Å². The quantitative estimate of drug-likeness (QED) is 0.395. The van der Waals surface area contributed by atoms with E-state index in [2.05, 4.69) is 0 Å². The zero-order valence-electron chi connectivity index (χ0n) is 13.0. The van der Waals surface area contributed by atoms with E-state index < -0.39 is 0 Å². The van der Waals surface area contributed by atoms with Gasteiger partial charge in [-0.2, -0.15) is 4.57 Å². The van der Waals surface area contributed by atoms with E-state index in [0.29, 0.717) is 5.56 Å². The first-order valence-corrected chi connectivity index (χ1v) is 7.60. The Morgan fingerprint density at radius 3 is 2.25 bits per heavy atom. The maximum Gasteiger partial charge on any atom is 0.289 e. The van der Waals surface area contributed by atoms with Gasteiger partial charge in [0, 0.05) is 23.8 Å². The zero-order chi connectivity index (χ0) is 16.8. The van der Waals surface area contributed by atoms with Crippen LogP contribution in [0.3, 0.4) is 0 Å². The van der Waals surface area contributed by atoms with Gasteiger partial charge in [-0.05, 0) is 18.2 Å². The number of aromatic nitrogens is 1. The van der Waals surface area contributed by atoms with E-state index in [4.69, 9.17) is 4.74 Å². The third-order valence-corrected chi connectivity index (χ3v) is 3.68. The number of benzene rings is 2. The molecule has 0 aliphatic rings. The summed E-state index contributed by atoms with van der Waals surface area (Å²) < 4.78 is 7.98. The number of rotatable bonds is 6. The van der Waals surface area contributed by atoms with Gasteiger partial charge in [-0.15, -0.1) is 0 Å². The van der Waals surface area contributed by atoms with Gasteiger partial charge in [0.15, 0.2) is 12.4 Å². The summed E-state index contributed by atoms with van der Waals surface area (Å²) in [5, 5.41) is 11.2. The second kappa shape index (κ2) is 7.48. The second-order valence-corrected chi connectivity index (χ2v) is 5.28. The maximum absolute atomic E-state index is 11.2. The van der Waals surface area contributed by atoms with Crippen molar-refractivity contribution < 1.29 is 14.2 Å². The van der Waals surface area contributed by atoms with E-state index in [-0.39, 0.29) is 23.4 Å². The molecule has 5 heteroatoms. The molecule has 24 heavy (non-hydrogen) atoms. The number of ether oxygens (including phenoxy) is 1. The SMILES string of the molecule is O=[N+]([O-])c1ccccc1COC(c1ccccc1)[n+]1ccccc1. The van der Waals surface area contributed by atoms with Crippen molar-refractivity contribution in [2.75, 3.05) is 0 Å². The fourth-order valence-corrected chi connectivity index (χ4v) is 2.52. The second-order valence-electron chi connectivity index (χ2n) is 5.28. The van der Waals surface area contributed by atoms with Crippen molar-refractivity contribution in [1.29, 1.82) is 0 Å². The predicted molar refractivity (Wildman–Crippen MR) is 89.1 cm³/mol. The lowest BCUT2D eigenvalue weighted by Gasteiger charge is -2.14. The number of nitrogens with zero attached hydrogens (tertiary/aromatic N) is 2. The average molecular weight is 321 g/mol. The fraction of sp³-hybridized carbons (Fsp3) is 0.105. The Labute approximate surface area is 139 Å². The van der Waals surface area contributed by atoms with Crippen molar-refractivity contribution in [3.05, 3.63) is 106 Å². The van der Waals surface area contributed by atoms with Crippen LogP contribution in [0.1, 0.15) is 17.4 Å². The van der Waals surface area contributed by atoms with E-state index in [1.807, 2.05) is 65.5 Å². The predicted octanol–water partition coefficient (Wildman–Crippen LogP) is 3.65. The molecular formula is C19H17N2O3+. The lowest BCUT2D eigenvalue weighted by atomic mass is 10.1. The summed E-state index contributed by atoms with van der Waals surface area (Å²) in [6, 6.07) is 22.2. The molecule has 1 heterocycles. The lowest BCUT2D eigenvalue weighted by molar-refractivity contribution is -0.753. The van der Waals surface area contributed by atoms with Gasteiger partial charge < -0.3 is 4.74 Å². The van der Waals surface area contributed by atoms with Crippen LogP contribution < -0.4 is 4.57 Å². The third kappa shape index (κ3) is 3.64. The lowest BCUT2D eigenvalue weighted by Crippen LogP contribution is -2.40. The van der Waals surface area contributed by atoms with E-state index >= 15 is 0 Å². The summed E-state index contributed by atoms with van der Waals surface area (Å²) in [5.74, 6) is 0. The van der Waals surface area contributed by atoms with E-state index in [9.17, 15) is 10.1 Å². The van der Waals surface area contributed by atoms with Crippen molar-refractivity contribution >= 4 is 5.69 Å². The first-order valence-electron chi connectivity index (χ1n) is 7.60. The standard InChI is InChI=1S/C19H17N2O3/c22-21(23)18-12-6-5-11-17(18)15-24-19(16-9-3-1-4-10-16)20-13-7-2-8-14-20/h1-14,19H,15H2/q+1. The number of hydrogen-bond donors (Lipinski definition) is 0. The molecule has 0 amide bonds. The summed E-state index contributed by atoms with van der Waals surface area (Å²) in [6.07, 6.45) is 3.47. The number of nitro benzene ring substituents is 1. The summed E-state index contributed by atoms with van der Waals surface area (Å²) in [7, 11) is 0. The minimum absolute atomic E-state index is 0.0716. The molecule has 2 aromatic carbocycles. The van der Waals surface area contributed by atoms with Crippen LogP contribution in [-0.2, 0) is 11.3 Å². The molecule has 1 atom stereocenters. The molecule has 0 saturated heterocycles. The number of para-hydroxylation sites is 1. The maximum atomic E-state index is 11.2. The Hall–Kier alpha value is -3.05. The molecule has 5 nitrogen and oxygen atoms in total. The van der Waals surface area contributed by atoms with E-state index in [1.54, 1.807) is 18.2 Å². The number of pyridine rings is 1. The average Bonchev–Trinajstić information content (AvgIpc) is 2.64. The summed E-state index contributed by atoms with van der Waals surface area (Å²) in [5.41, 5.74) is 1.61. The van der Waals surface area contributed by atoms with Gasteiger partial charge in [0.25, 0.3) is 11.9 Å². The highest BCUT2D eigenvalue weighted by molar-refractivity contribution is 5.39. The molecule has 3 rings (SSSR count). The Morgan fingerprint density at radius 1 is 0.917 bits per heavy atom. The van der Waals surface area contributed by atoms with Gasteiger partial charge in [-0.25, -0.2) is 0 Å². The van der Waals surface area contributed by atoms with Crippen LogP contribution in [0, 0.1) is 10.1 Å². The first-order chi connectivity index (χ1) is 11.8. The Balaban J connectivity index is 1.87. The minimum atomic E-state index is -0.383. The normalized spacial score (nSPS) is 11.8. The fourth-order valence-electron chi connectivity index (χ4n) is 2.52. The van der Waals surface area contributed by atoms with Gasteiger partial charge in [0.2, 0.25) is 0 Å². The first kappa shape index (κ1) is 15.8. The summed E-state index contributed by atoms with van der Waals surface area (Å²) >= 11 is 0. The van der Waals surface area contributed by atoms with Crippen LogP contribution in [0.25, 0.3) is 0 Å². The van der Waals surface area contributed by atoms with E-state index in [1.165, 1.54) is 6.07 Å². The topological polar surface area (TPSA) is 56.3 Å². The summed E-state index contributed by atoms with van der Waals surface area (Å²) in [6.45, 7) is 0.151. The molecule has 0 aliphatic carbocycles. The van der Waals surface area contributed by atoms with Gasteiger partial charge >= 0.3 is 0 Å². The molecule has 0 spiro atoms. The van der Waals surface area contributed by atoms with Gasteiger partial charge in [-0.1, -0.05) is 36.4 Å². The highest BCUT2D eigenvalue weighted by Crippen LogP contribution is 2.22. The molecule has 1 aromatic heterocycles. The van der Waals surface area contributed by atoms with Crippen LogP contribution in [0.4, 0.5) is 5.69 Å². The van der Waals surface area contributed by atoms with Crippen LogP contribution in [0.5, 0.6) is 0 Å². The zero-order valence-corrected chi connectivity index (χ0v) is 13.0. The van der Waals surface area contributed by atoms with Gasteiger partial charge in [0.1, 0.15) is 0 Å². The molecule has 0 radical (unpaired) electrons. The third-order valence-electron chi connectivity index (χ3n) is 3.68.